The number of ether oxygens (including phenoxy) is 2. The van der Waals surface area contributed by atoms with E-state index in [-0.39, 0.29) is 17.8 Å². The maximum atomic E-state index is 10.9. The first-order valence-corrected chi connectivity index (χ1v) is 5.73. The first-order valence-electron chi connectivity index (χ1n) is 5.21. The average Bonchev–Trinajstić information content (AvgIpc) is 2.63. The van der Waals surface area contributed by atoms with Crippen LogP contribution >= 0.6 is 12.6 Å². The zero-order valence-corrected chi connectivity index (χ0v) is 10.00. The molecule has 1 aliphatic rings. The van der Waals surface area contributed by atoms with Crippen molar-refractivity contribution in [2.24, 2.45) is 0 Å². The summed E-state index contributed by atoms with van der Waals surface area (Å²) in [5.74, 6) is 1.73. The highest BCUT2D eigenvalue weighted by Crippen LogP contribution is 2.33. The number of hydrogen-bond donors (Lipinski definition) is 1. The highest BCUT2D eigenvalue weighted by atomic mass is 32.1. The number of ketones is 1. The van der Waals surface area contributed by atoms with Crippen LogP contribution in [-0.2, 0) is 11.2 Å². The Morgan fingerprint density at radius 3 is 2.94 bits per heavy atom. The fourth-order valence-electron chi connectivity index (χ4n) is 1.74. The minimum atomic E-state index is 0.0675. The van der Waals surface area contributed by atoms with E-state index >= 15 is 0 Å². The lowest BCUT2D eigenvalue weighted by Crippen LogP contribution is -2.08. The summed E-state index contributed by atoms with van der Waals surface area (Å²) in [7, 11) is 0. The van der Waals surface area contributed by atoms with Gasteiger partial charge in [-0.05, 0) is 31.0 Å². The number of Topliss-reactive ketones (excluding diaryl/α,β-unsaturated/α-hetero) is 1. The van der Waals surface area contributed by atoms with Gasteiger partial charge in [-0.25, -0.2) is 0 Å². The zero-order chi connectivity index (χ0) is 11.5. The lowest BCUT2D eigenvalue weighted by molar-refractivity contribution is -0.116. The predicted octanol–water partition coefficient (Wildman–Crippen LogP) is 2.24. The van der Waals surface area contributed by atoms with Gasteiger partial charge in [-0.2, -0.15) is 12.6 Å². The van der Waals surface area contributed by atoms with E-state index in [1.807, 2.05) is 18.2 Å². The molecule has 1 aromatic rings. The average molecular weight is 238 g/mol. The molecule has 3 nitrogen and oxygen atoms in total. The van der Waals surface area contributed by atoms with Gasteiger partial charge in [0.2, 0.25) is 6.79 Å². The molecule has 0 saturated carbocycles. The molecule has 0 amide bonds. The van der Waals surface area contributed by atoms with E-state index in [2.05, 4.69) is 12.6 Å². The number of hydrogen-bond acceptors (Lipinski definition) is 4. The largest absolute Gasteiger partial charge is 0.454 e. The summed E-state index contributed by atoms with van der Waals surface area (Å²) >= 11 is 4.39. The van der Waals surface area contributed by atoms with Gasteiger partial charge in [-0.3, -0.25) is 4.79 Å². The van der Waals surface area contributed by atoms with Crippen LogP contribution in [0.15, 0.2) is 18.2 Å². The molecule has 86 valence electrons. The molecule has 16 heavy (non-hydrogen) atoms. The molecule has 1 heterocycles. The van der Waals surface area contributed by atoms with E-state index in [1.165, 1.54) is 0 Å². The number of carbonyl (C=O) groups excluding carboxylic acids is 1. The molecule has 4 heteroatoms. The van der Waals surface area contributed by atoms with Crippen LogP contribution in [0.2, 0.25) is 0 Å². The fraction of sp³-hybridized carbons (Fsp3) is 0.417. The number of fused-ring (bicyclic) bond motifs is 1. The first kappa shape index (κ1) is 11.3. The topological polar surface area (TPSA) is 35.5 Å². The number of benzene rings is 1. The van der Waals surface area contributed by atoms with Crippen molar-refractivity contribution in [3.05, 3.63) is 23.8 Å². The number of thiol groups is 1. The third-order valence-corrected chi connectivity index (χ3v) is 2.80. The summed E-state index contributed by atoms with van der Waals surface area (Å²) < 4.78 is 10.5. The van der Waals surface area contributed by atoms with Gasteiger partial charge in [-0.15, -0.1) is 0 Å². The molecule has 0 bridgehead atoms. The second-order valence-corrected chi connectivity index (χ2v) is 4.68. The van der Waals surface area contributed by atoms with E-state index in [0.717, 1.165) is 23.5 Å². The summed E-state index contributed by atoms with van der Waals surface area (Å²) in [6, 6.07) is 5.83. The minimum absolute atomic E-state index is 0.0675. The third-order valence-electron chi connectivity index (χ3n) is 2.43. The quantitative estimate of drug-likeness (QED) is 0.817. The molecule has 0 radical (unpaired) electrons. The Labute approximate surface area is 100 Å². The molecule has 2 rings (SSSR count). The molecule has 0 saturated heterocycles. The molecule has 1 atom stereocenters. The molecule has 1 aromatic carbocycles. The Morgan fingerprint density at radius 1 is 1.44 bits per heavy atom. The van der Waals surface area contributed by atoms with E-state index in [0.29, 0.717) is 6.42 Å². The van der Waals surface area contributed by atoms with Gasteiger partial charge in [-0.1, -0.05) is 6.07 Å². The standard InChI is InChI=1S/C12H14O3S/c1-8(13)4-10(16)5-9-2-3-11-12(6-9)15-7-14-11/h2-3,6,10,16H,4-5,7H2,1H3. The molecule has 0 aromatic heterocycles. The maximum absolute atomic E-state index is 10.9. The van der Waals surface area contributed by atoms with Gasteiger partial charge in [0.05, 0.1) is 0 Å². The van der Waals surface area contributed by atoms with Crippen molar-refractivity contribution in [1.29, 1.82) is 0 Å². The molecule has 1 unspecified atom stereocenters. The molecule has 0 aliphatic carbocycles. The molecular weight excluding hydrogens is 224 g/mol. The molecular formula is C12H14O3S. The van der Waals surface area contributed by atoms with Crippen molar-refractivity contribution < 1.29 is 14.3 Å². The van der Waals surface area contributed by atoms with Crippen molar-refractivity contribution in [1.82, 2.24) is 0 Å². The smallest absolute Gasteiger partial charge is 0.231 e. The normalized spacial score (nSPS) is 14.9. The van der Waals surface area contributed by atoms with Gasteiger partial charge in [0.15, 0.2) is 11.5 Å². The van der Waals surface area contributed by atoms with E-state index in [9.17, 15) is 4.79 Å². The minimum Gasteiger partial charge on any atom is -0.454 e. The van der Waals surface area contributed by atoms with E-state index in [1.54, 1.807) is 6.92 Å². The number of rotatable bonds is 4. The summed E-state index contributed by atoms with van der Waals surface area (Å²) in [5, 5.41) is 0.0675. The molecule has 0 fully saturated rings. The Hall–Kier alpha value is -1.16. The van der Waals surface area contributed by atoms with E-state index in [4.69, 9.17) is 9.47 Å². The Kier molecular flexibility index (Phi) is 3.39. The van der Waals surface area contributed by atoms with Crippen LogP contribution in [0.3, 0.4) is 0 Å². The fourth-order valence-corrected chi connectivity index (χ4v) is 2.21. The zero-order valence-electron chi connectivity index (χ0n) is 9.10. The maximum Gasteiger partial charge on any atom is 0.231 e. The van der Waals surface area contributed by atoms with Crippen LogP contribution in [0.25, 0.3) is 0 Å². The van der Waals surface area contributed by atoms with Crippen LogP contribution in [0.5, 0.6) is 11.5 Å². The Morgan fingerprint density at radius 2 is 2.19 bits per heavy atom. The third kappa shape index (κ3) is 2.70. The van der Waals surface area contributed by atoms with E-state index < -0.39 is 0 Å². The molecule has 1 aliphatic heterocycles. The lowest BCUT2D eigenvalue weighted by atomic mass is 10.1. The van der Waals surface area contributed by atoms with Crippen molar-refractivity contribution in [3.8, 4) is 11.5 Å². The van der Waals surface area contributed by atoms with Gasteiger partial charge in [0.25, 0.3) is 0 Å². The van der Waals surface area contributed by atoms with Gasteiger partial charge in [0.1, 0.15) is 5.78 Å². The van der Waals surface area contributed by atoms with Crippen molar-refractivity contribution >= 4 is 18.4 Å². The number of carbonyl (C=O) groups is 1. The Bertz CT molecular complexity index is 403. The Balaban J connectivity index is 2.02. The van der Waals surface area contributed by atoms with Crippen molar-refractivity contribution in [2.45, 2.75) is 25.0 Å². The van der Waals surface area contributed by atoms with Gasteiger partial charge < -0.3 is 9.47 Å². The second kappa shape index (κ2) is 4.78. The van der Waals surface area contributed by atoms with Gasteiger partial charge >= 0.3 is 0 Å². The second-order valence-electron chi connectivity index (χ2n) is 3.95. The van der Waals surface area contributed by atoms with Crippen LogP contribution in [0.4, 0.5) is 0 Å². The summed E-state index contributed by atoms with van der Waals surface area (Å²) in [6.07, 6.45) is 1.26. The van der Waals surface area contributed by atoms with Crippen LogP contribution in [0, 0.1) is 0 Å². The van der Waals surface area contributed by atoms with Crippen molar-refractivity contribution in [3.63, 3.8) is 0 Å². The van der Waals surface area contributed by atoms with Crippen LogP contribution < -0.4 is 9.47 Å². The first-order chi connectivity index (χ1) is 7.65. The molecule has 0 spiro atoms. The van der Waals surface area contributed by atoms with Crippen molar-refractivity contribution in [2.75, 3.05) is 6.79 Å². The summed E-state index contributed by atoms with van der Waals surface area (Å²) in [4.78, 5) is 10.9. The SMILES string of the molecule is CC(=O)CC(S)Cc1ccc2c(c1)OCO2. The van der Waals surface area contributed by atoms with Crippen LogP contribution in [0.1, 0.15) is 18.9 Å². The highest BCUT2D eigenvalue weighted by molar-refractivity contribution is 7.81. The predicted molar refractivity (Wildman–Crippen MR) is 64.3 cm³/mol. The monoisotopic (exact) mass is 238 g/mol. The molecule has 0 N–H and O–H groups in total. The van der Waals surface area contributed by atoms with Crippen LogP contribution in [-0.4, -0.2) is 17.8 Å². The summed E-state index contributed by atoms with van der Waals surface area (Å²) in [6.45, 7) is 1.87. The van der Waals surface area contributed by atoms with Gasteiger partial charge in [0, 0.05) is 11.7 Å². The lowest BCUT2D eigenvalue weighted by Gasteiger charge is -2.08. The highest BCUT2D eigenvalue weighted by Gasteiger charge is 2.14. The summed E-state index contributed by atoms with van der Waals surface area (Å²) in [5.41, 5.74) is 1.12.